The summed E-state index contributed by atoms with van der Waals surface area (Å²) >= 11 is 1.41. The normalized spacial score (nSPS) is 11.2. The van der Waals surface area contributed by atoms with E-state index >= 15 is 0 Å². The van der Waals surface area contributed by atoms with Gasteiger partial charge in [-0.05, 0) is 25.5 Å². The average Bonchev–Trinajstić information content (AvgIpc) is 2.98. The molecule has 6 nitrogen and oxygen atoms in total. The largest absolute Gasteiger partial charge is 0.445 e. The Balaban J connectivity index is 1.97. The van der Waals surface area contributed by atoms with Gasteiger partial charge in [-0.2, -0.15) is 0 Å². The Morgan fingerprint density at radius 2 is 2.17 bits per heavy atom. The van der Waals surface area contributed by atoms with E-state index in [1.807, 2.05) is 25.1 Å². The van der Waals surface area contributed by atoms with Gasteiger partial charge in [0.2, 0.25) is 5.89 Å². The maximum atomic E-state index is 12.7. The highest BCUT2D eigenvalue weighted by molar-refractivity contribution is 7.98. The zero-order chi connectivity index (χ0) is 16.2. The second-order valence-corrected chi connectivity index (χ2v) is 6.04. The van der Waals surface area contributed by atoms with Gasteiger partial charge in [0, 0.05) is 13.2 Å². The lowest BCUT2D eigenvalue weighted by Gasteiger charge is -2.11. The number of aromatic nitrogens is 3. The van der Waals surface area contributed by atoms with Gasteiger partial charge < -0.3 is 9.52 Å². The van der Waals surface area contributed by atoms with Crippen LogP contribution in [0.3, 0.4) is 0 Å². The predicted molar refractivity (Wildman–Crippen MR) is 88.5 cm³/mol. The maximum absolute atomic E-state index is 12.7. The fourth-order valence-electron chi connectivity index (χ4n) is 2.28. The molecular formula is C16H17N3O3S. The number of nitrogens with zero attached hydrogens (tertiary/aromatic N) is 3. The topological polar surface area (TPSA) is 81.2 Å². The second-order valence-electron chi connectivity index (χ2n) is 5.10. The molecule has 0 saturated heterocycles. The van der Waals surface area contributed by atoms with Crippen LogP contribution >= 0.6 is 11.8 Å². The molecule has 3 rings (SSSR count). The Bertz CT molecular complexity index is 872. The lowest BCUT2D eigenvalue weighted by Crippen LogP contribution is -2.24. The SMILES string of the molecule is Cc1cnc(CSc2nc3ccccc3c(=O)n2CCCO)o1. The van der Waals surface area contributed by atoms with Gasteiger partial charge in [-0.15, -0.1) is 0 Å². The van der Waals surface area contributed by atoms with Crippen molar-refractivity contribution in [2.24, 2.45) is 0 Å². The van der Waals surface area contributed by atoms with E-state index in [0.717, 1.165) is 5.76 Å². The zero-order valence-electron chi connectivity index (χ0n) is 12.7. The van der Waals surface area contributed by atoms with Crippen LogP contribution in [-0.4, -0.2) is 26.2 Å². The number of rotatable bonds is 6. The molecule has 0 saturated carbocycles. The van der Waals surface area contributed by atoms with Crippen molar-refractivity contribution in [1.82, 2.24) is 14.5 Å². The molecule has 0 amide bonds. The van der Waals surface area contributed by atoms with Crippen LogP contribution in [0.1, 0.15) is 18.1 Å². The molecule has 1 aromatic carbocycles. The molecule has 0 unspecified atom stereocenters. The fraction of sp³-hybridized carbons (Fsp3) is 0.312. The summed E-state index contributed by atoms with van der Waals surface area (Å²) in [5.74, 6) is 1.85. The van der Waals surface area contributed by atoms with Crippen molar-refractivity contribution >= 4 is 22.7 Å². The summed E-state index contributed by atoms with van der Waals surface area (Å²) in [6, 6.07) is 7.28. The van der Waals surface area contributed by atoms with Crippen LogP contribution in [0.4, 0.5) is 0 Å². The van der Waals surface area contributed by atoms with Crippen LogP contribution in [-0.2, 0) is 12.3 Å². The summed E-state index contributed by atoms with van der Waals surface area (Å²) in [5, 5.41) is 10.3. The number of hydrogen-bond acceptors (Lipinski definition) is 6. The molecule has 120 valence electrons. The molecular weight excluding hydrogens is 314 g/mol. The average molecular weight is 331 g/mol. The van der Waals surface area contributed by atoms with Crippen molar-refractivity contribution in [3.63, 3.8) is 0 Å². The zero-order valence-corrected chi connectivity index (χ0v) is 13.5. The van der Waals surface area contributed by atoms with Gasteiger partial charge in [-0.25, -0.2) is 9.97 Å². The van der Waals surface area contributed by atoms with Gasteiger partial charge in [0.1, 0.15) is 5.76 Å². The number of aliphatic hydroxyl groups is 1. The van der Waals surface area contributed by atoms with Crippen molar-refractivity contribution in [2.75, 3.05) is 6.61 Å². The van der Waals surface area contributed by atoms with Crippen molar-refractivity contribution in [3.05, 3.63) is 52.5 Å². The lowest BCUT2D eigenvalue weighted by atomic mass is 10.2. The molecule has 2 heterocycles. The van der Waals surface area contributed by atoms with Crippen LogP contribution < -0.4 is 5.56 Å². The monoisotopic (exact) mass is 331 g/mol. The minimum Gasteiger partial charge on any atom is -0.445 e. The molecule has 0 spiro atoms. The molecule has 3 aromatic rings. The Labute approximate surface area is 137 Å². The lowest BCUT2D eigenvalue weighted by molar-refractivity contribution is 0.276. The van der Waals surface area contributed by atoms with Crippen LogP contribution in [0.5, 0.6) is 0 Å². The molecule has 2 aromatic heterocycles. The summed E-state index contributed by atoms with van der Waals surface area (Å²) in [6.45, 7) is 2.30. The van der Waals surface area contributed by atoms with E-state index in [0.29, 0.717) is 40.7 Å². The Morgan fingerprint density at radius 1 is 1.35 bits per heavy atom. The molecule has 0 atom stereocenters. The van der Waals surface area contributed by atoms with Crippen molar-refractivity contribution < 1.29 is 9.52 Å². The first kappa shape index (κ1) is 15.8. The van der Waals surface area contributed by atoms with Gasteiger partial charge in [-0.1, -0.05) is 23.9 Å². The molecule has 0 aliphatic carbocycles. The standard InChI is InChI=1S/C16H17N3O3S/c1-11-9-17-14(22-11)10-23-16-18-13-6-3-2-5-12(13)15(21)19(16)7-4-8-20/h2-3,5-6,9,20H,4,7-8,10H2,1H3. The number of thioether (sulfide) groups is 1. The van der Waals surface area contributed by atoms with E-state index in [4.69, 9.17) is 9.52 Å². The molecule has 0 aliphatic heterocycles. The molecule has 0 aliphatic rings. The number of benzene rings is 1. The highest BCUT2D eigenvalue weighted by Gasteiger charge is 2.12. The van der Waals surface area contributed by atoms with E-state index in [2.05, 4.69) is 9.97 Å². The van der Waals surface area contributed by atoms with Crippen molar-refractivity contribution in [3.8, 4) is 0 Å². The first-order chi connectivity index (χ1) is 11.2. The van der Waals surface area contributed by atoms with Crippen LogP contribution in [0.2, 0.25) is 0 Å². The number of fused-ring (bicyclic) bond motifs is 1. The van der Waals surface area contributed by atoms with Gasteiger partial charge >= 0.3 is 0 Å². The Morgan fingerprint density at radius 3 is 2.91 bits per heavy atom. The molecule has 0 radical (unpaired) electrons. The predicted octanol–water partition coefficient (Wildman–Crippen LogP) is 2.37. The highest BCUT2D eigenvalue weighted by Crippen LogP contribution is 2.22. The fourth-order valence-corrected chi connectivity index (χ4v) is 3.16. The van der Waals surface area contributed by atoms with E-state index in [9.17, 15) is 4.79 Å². The summed E-state index contributed by atoms with van der Waals surface area (Å²) < 4.78 is 7.07. The third-order valence-corrected chi connectivity index (χ3v) is 4.32. The smallest absolute Gasteiger partial charge is 0.262 e. The van der Waals surface area contributed by atoms with E-state index in [1.54, 1.807) is 16.8 Å². The van der Waals surface area contributed by atoms with E-state index in [1.165, 1.54) is 11.8 Å². The number of aryl methyl sites for hydroxylation is 1. The Kier molecular flexibility index (Phi) is 4.78. The minimum absolute atomic E-state index is 0.0301. The molecule has 23 heavy (non-hydrogen) atoms. The van der Waals surface area contributed by atoms with Gasteiger partial charge in [-0.3, -0.25) is 9.36 Å². The summed E-state index contributed by atoms with van der Waals surface area (Å²) in [6.07, 6.45) is 2.17. The first-order valence-electron chi connectivity index (χ1n) is 7.33. The highest BCUT2D eigenvalue weighted by atomic mass is 32.2. The molecule has 0 bridgehead atoms. The van der Waals surface area contributed by atoms with Crippen molar-refractivity contribution in [2.45, 2.75) is 30.8 Å². The quantitative estimate of drug-likeness (QED) is 0.552. The van der Waals surface area contributed by atoms with Crippen molar-refractivity contribution in [1.29, 1.82) is 0 Å². The second kappa shape index (κ2) is 6.97. The Hall–Kier alpha value is -2.12. The summed E-state index contributed by atoms with van der Waals surface area (Å²) in [5.41, 5.74) is 0.582. The summed E-state index contributed by atoms with van der Waals surface area (Å²) in [4.78, 5) is 21.4. The van der Waals surface area contributed by atoms with Gasteiger partial charge in [0.05, 0.1) is 22.9 Å². The van der Waals surface area contributed by atoms with Crippen LogP contribution in [0.25, 0.3) is 10.9 Å². The number of aliphatic hydroxyl groups excluding tert-OH is 1. The minimum atomic E-state index is -0.0878. The van der Waals surface area contributed by atoms with Gasteiger partial charge in [0.15, 0.2) is 5.16 Å². The molecule has 1 N–H and O–H groups in total. The molecule has 7 heteroatoms. The maximum Gasteiger partial charge on any atom is 0.262 e. The number of oxazole rings is 1. The van der Waals surface area contributed by atoms with Crippen LogP contribution in [0.15, 0.2) is 44.8 Å². The number of hydrogen-bond donors (Lipinski definition) is 1. The van der Waals surface area contributed by atoms with Gasteiger partial charge in [0.25, 0.3) is 5.56 Å². The number of para-hydroxylation sites is 1. The molecule has 0 fully saturated rings. The summed E-state index contributed by atoms with van der Waals surface area (Å²) in [7, 11) is 0. The third kappa shape index (κ3) is 3.46. The van der Waals surface area contributed by atoms with E-state index in [-0.39, 0.29) is 12.2 Å². The third-order valence-electron chi connectivity index (χ3n) is 3.36. The van der Waals surface area contributed by atoms with E-state index < -0.39 is 0 Å². The van der Waals surface area contributed by atoms with Crippen LogP contribution in [0, 0.1) is 6.92 Å². The first-order valence-corrected chi connectivity index (χ1v) is 8.32.